The molecule has 25 heavy (non-hydrogen) atoms. The number of anilines is 1. The van der Waals surface area contributed by atoms with Crippen molar-refractivity contribution in [3.05, 3.63) is 23.9 Å². The van der Waals surface area contributed by atoms with Crippen LogP contribution >= 0.6 is 0 Å². The molecule has 2 N–H and O–H groups in total. The quantitative estimate of drug-likeness (QED) is 0.826. The van der Waals surface area contributed by atoms with Crippen molar-refractivity contribution in [2.24, 2.45) is 17.8 Å². The smallest absolute Gasteiger partial charge is 0.248 e. The van der Waals surface area contributed by atoms with Crippen LogP contribution in [-0.4, -0.2) is 22.8 Å². The molecule has 1 aliphatic rings. The van der Waals surface area contributed by atoms with Gasteiger partial charge in [-0.3, -0.25) is 9.59 Å². The number of nitrogens with one attached hydrogen (secondary N) is 2. The van der Waals surface area contributed by atoms with Gasteiger partial charge >= 0.3 is 0 Å². The molecule has 1 aromatic rings. The van der Waals surface area contributed by atoms with Gasteiger partial charge in [0.05, 0.1) is 0 Å². The summed E-state index contributed by atoms with van der Waals surface area (Å²) in [6, 6.07) is 4.99. The van der Waals surface area contributed by atoms with E-state index in [0.717, 1.165) is 31.4 Å². The summed E-state index contributed by atoms with van der Waals surface area (Å²) >= 11 is 0. The number of amides is 2. The lowest BCUT2D eigenvalue weighted by Crippen LogP contribution is -2.47. The Morgan fingerprint density at radius 2 is 1.88 bits per heavy atom. The van der Waals surface area contributed by atoms with Gasteiger partial charge in [-0.1, -0.05) is 26.8 Å². The van der Waals surface area contributed by atoms with Crippen LogP contribution < -0.4 is 10.6 Å². The summed E-state index contributed by atoms with van der Waals surface area (Å²) in [5, 5.41) is 5.83. The van der Waals surface area contributed by atoms with Crippen molar-refractivity contribution in [3.63, 3.8) is 0 Å². The zero-order valence-corrected chi connectivity index (χ0v) is 15.8. The standard InChI is InChI=1S/C20H31N3O2/c1-13(2)12-17(20(25)23-18-7-5-6-15(4)21-18)22-19(24)16-10-8-14(3)9-11-16/h5-7,13-14,16-17H,8-12H2,1-4H3,(H,22,24)(H,21,23,25). The van der Waals surface area contributed by atoms with Crippen LogP contribution in [0.3, 0.4) is 0 Å². The Morgan fingerprint density at radius 3 is 2.48 bits per heavy atom. The minimum absolute atomic E-state index is 0.0184. The highest BCUT2D eigenvalue weighted by atomic mass is 16.2. The third-order valence-corrected chi connectivity index (χ3v) is 4.87. The lowest BCUT2D eigenvalue weighted by molar-refractivity contribution is -0.130. The Morgan fingerprint density at radius 1 is 1.20 bits per heavy atom. The number of rotatable bonds is 6. The molecule has 2 amide bonds. The molecular formula is C20H31N3O2. The van der Waals surface area contributed by atoms with Gasteiger partial charge in [0.15, 0.2) is 0 Å². The van der Waals surface area contributed by atoms with E-state index in [4.69, 9.17) is 0 Å². The van der Waals surface area contributed by atoms with Gasteiger partial charge in [-0.05, 0) is 63.0 Å². The third-order valence-electron chi connectivity index (χ3n) is 4.87. The van der Waals surface area contributed by atoms with Crippen molar-refractivity contribution in [1.29, 1.82) is 0 Å². The monoisotopic (exact) mass is 345 g/mol. The third kappa shape index (κ3) is 6.15. The minimum Gasteiger partial charge on any atom is -0.344 e. The van der Waals surface area contributed by atoms with Crippen LogP contribution in [0, 0.1) is 24.7 Å². The summed E-state index contributed by atoms with van der Waals surface area (Å²) in [5.41, 5.74) is 0.846. The van der Waals surface area contributed by atoms with Crippen molar-refractivity contribution < 1.29 is 9.59 Å². The number of carbonyl (C=O) groups is 2. The lowest BCUT2D eigenvalue weighted by Gasteiger charge is -2.27. The number of pyridine rings is 1. The number of carbonyl (C=O) groups excluding carboxylic acids is 2. The summed E-state index contributed by atoms with van der Waals surface area (Å²) < 4.78 is 0. The first kappa shape index (κ1) is 19.4. The molecule has 138 valence electrons. The fourth-order valence-corrected chi connectivity index (χ4v) is 3.34. The van der Waals surface area contributed by atoms with E-state index in [9.17, 15) is 9.59 Å². The fraction of sp³-hybridized carbons (Fsp3) is 0.650. The molecule has 0 saturated heterocycles. The average molecular weight is 345 g/mol. The second-order valence-corrected chi connectivity index (χ2v) is 7.80. The van der Waals surface area contributed by atoms with Crippen LogP contribution in [0.4, 0.5) is 5.82 Å². The molecule has 1 fully saturated rings. The summed E-state index contributed by atoms with van der Waals surface area (Å²) in [5.74, 6) is 1.41. The number of aryl methyl sites for hydroxylation is 1. The Bertz CT molecular complexity index is 592. The SMILES string of the molecule is Cc1cccc(NC(=O)C(CC(C)C)NC(=O)C2CCC(C)CC2)n1. The van der Waals surface area contributed by atoms with E-state index in [2.05, 4.69) is 36.4 Å². The largest absolute Gasteiger partial charge is 0.344 e. The Balaban J connectivity index is 1.99. The number of hydrogen-bond donors (Lipinski definition) is 2. The van der Waals surface area contributed by atoms with Gasteiger partial charge < -0.3 is 10.6 Å². The van der Waals surface area contributed by atoms with Crippen LogP contribution in [0.1, 0.15) is 58.6 Å². The van der Waals surface area contributed by atoms with Crippen LogP contribution in [0.15, 0.2) is 18.2 Å². The van der Waals surface area contributed by atoms with Crippen molar-refractivity contribution in [1.82, 2.24) is 10.3 Å². The molecule has 2 rings (SSSR count). The minimum atomic E-state index is -0.519. The van der Waals surface area contributed by atoms with Crippen LogP contribution in [-0.2, 0) is 9.59 Å². The zero-order chi connectivity index (χ0) is 18.4. The summed E-state index contributed by atoms with van der Waals surface area (Å²) in [4.78, 5) is 29.6. The summed E-state index contributed by atoms with van der Waals surface area (Å²) in [7, 11) is 0. The molecule has 1 atom stereocenters. The molecule has 1 aromatic heterocycles. The Labute approximate surface area is 151 Å². The topological polar surface area (TPSA) is 71.1 Å². The van der Waals surface area contributed by atoms with Crippen molar-refractivity contribution in [2.75, 3.05) is 5.32 Å². The Hall–Kier alpha value is -1.91. The van der Waals surface area contributed by atoms with Crippen molar-refractivity contribution >= 4 is 17.6 Å². The predicted octanol–water partition coefficient (Wildman–Crippen LogP) is 3.69. The maximum atomic E-state index is 12.7. The molecule has 0 aliphatic heterocycles. The highest BCUT2D eigenvalue weighted by Crippen LogP contribution is 2.28. The van der Waals surface area contributed by atoms with E-state index in [0.29, 0.717) is 24.1 Å². The molecule has 1 saturated carbocycles. The van der Waals surface area contributed by atoms with Crippen LogP contribution in [0.25, 0.3) is 0 Å². The Kier molecular flexibility index (Phi) is 6.97. The highest BCUT2D eigenvalue weighted by Gasteiger charge is 2.28. The second kappa shape index (κ2) is 8.97. The number of aromatic nitrogens is 1. The zero-order valence-electron chi connectivity index (χ0n) is 15.8. The van der Waals surface area contributed by atoms with Crippen LogP contribution in [0.5, 0.6) is 0 Å². The molecule has 0 bridgehead atoms. The maximum Gasteiger partial charge on any atom is 0.248 e. The average Bonchev–Trinajstić information content (AvgIpc) is 2.54. The van der Waals surface area contributed by atoms with Gasteiger partial charge in [0.2, 0.25) is 11.8 Å². The van der Waals surface area contributed by atoms with Crippen molar-refractivity contribution in [3.8, 4) is 0 Å². The first-order valence-electron chi connectivity index (χ1n) is 9.40. The molecule has 5 heteroatoms. The first-order chi connectivity index (χ1) is 11.8. The molecule has 5 nitrogen and oxygen atoms in total. The van der Waals surface area contributed by atoms with Gasteiger partial charge in [0.25, 0.3) is 0 Å². The van der Waals surface area contributed by atoms with E-state index >= 15 is 0 Å². The van der Waals surface area contributed by atoms with E-state index in [1.807, 2.05) is 19.1 Å². The molecular weight excluding hydrogens is 314 g/mol. The molecule has 0 aromatic carbocycles. The summed E-state index contributed by atoms with van der Waals surface area (Å²) in [6.45, 7) is 8.23. The summed E-state index contributed by atoms with van der Waals surface area (Å²) in [6.07, 6.45) is 4.64. The van der Waals surface area contributed by atoms with Gasteiger partial charge in [0, 0.05) is 11.6 Å². The van der Waals surface area contributed by atoms with Gasteiger partial charge in [-0.15, -0.1) is 0 Å². The van der Waals surface area contributed by atoms with Gasteiger partial charge in [-0.25, -0.2) is 4.98 Å². The normalized spacial score (nSPS) is 21.6. The van der Waals surface area contributed by atoms with E-state index < -0.39 is 6.04 Å². The van der Waals surface area contributed by atoms with E-state index in [-0.39, 0.29) is 17.7 Å². The first-order valence-corrected chi connectivity index (χ1v) is 9.40. The molecule has 1 unspecified atom stereocenters. The molecule has 1 heterocycles. The number of nitrogens with zero attached hydrogens (tertiary/aromatic N) is 1. The molecule has 0 radical (unpaired) electrons. The number of hydrogen-bond acceptors (Lipinski definition) is 3. The lowest BCUT2D eigenvalue weighted by atomic mass is 9.82. The fourth-order valence-electron chi connectivity index (χ4n) is 3.34. The second-order valence-electron chi connectivity index (χ2n) is 7.80. The van der Waals surface area contributed by atoms with Gasteiger partial charge in [0.1, 0.15) is 11.9 Å². The van der Waals surface area contributed by atoms with Crippen molar-refractivity contribution in [2.45, 2.75) is 65.8 Å². The van der Waals surface area contributed by atoms with Gasteiger partial charge in [-0.2, -0.15) is 0 Å². The highest BCUT2D eigenvalue weighted by molar-refractivity contribution is 5.96. The molecule has 1 aliphatic carbocycles. The van der Waals surface area contributed by atoms with Crippen LogP contribution in [0.2, 0.25) is 0 Å². The maximum absolute atomic E-state index is 12.7. The molecule has 0 spiro atoms. The van der Waals surface area contributed by atoms with E-state index in [1.54, 1.807) is 6.07 Å². The van der Waals surface area contributed by atoms with E-state index in [1.165, 1.54) is 0 Å². The predicted molar refractivity (Wildman–Crippen MR) is 100 cm³/mol.